The normalized spacial score (nSPS) is 11.1. The molecule has 0 radical (unpaired) electrons. The zero-order valence-electron chi connectivity index (χ0n) is 12.8. The van der Waals surface area contributed by atoms with Crippen molar-refractivity contribution < 1.29 is 0 Å². The maximum Gasteiger partial charge on any atom is 0.0318 e. The second-order valence-corrected chi connectivity index (χ2v) is 7.67. The second kappa shape index (κ2) is 8.02. The highest BCUT2D eigenvalue weighted by molar-refractivity contribution is 9.10. The lowest BCUT2D eigenvalue weighted by molar-refractivity contribution is 0.552. The minimum Gasteiger partial charge on any atom is -0.312 e. The van der Waals surface area contributed by atoms with Gasteiger partial charge in [0.15, 0.2) is 0 Å². The molecule has 3 heteroatoms. The number of halogens is 1. The van der Waals surface area contributed by atoms with Crippen LogP contribution in [0.1, 0.15) is 25.0 Å². The first-order valence-electron chi connectivity index (χ1n) is 7.28. The summed E-state index contributed by atoms with van der Waals surface area (Å²) in [4.78, 5) is 2.53. The quantitative estimate of drug-likeness (QED) is 0.710. The first-order chi connectivity index (χ1) is 10.0. The molecule has 0 fully saturated rings. The summed E-state index contributed by atoms with van der Waals surface area (Å²) in [6.07, 6.45) is 0. The number of rotatable bonds is 6. The molecule has 1 N–H and O–H groups in total. The van der Waals surface area contributed by atoms with E-state index in [0.717, 1.165) is 17.6 Å². The average molecular weight is 364 g/mol. The Morgan fingerprint density at radius 1 is 1.10 bits per heavy atom. The van der Waals surface area contributed by atoms with E-state index in [-0.39, 0.29) is 0 Å². The van der Waals surface area contributed by atoms with E-state index in [1.54, 1.807) is 11.8 Å². The van der Waals surface area contributed by atoms with Crippen LogP contribution in [0.15, 0.2) is 56.7 Å². The van der Waals surface area contributed by atoms with E-state index in [2.05, 4.69) is 84.5 Å². The fraction of sp³-hybridized carbons (Fsp3) is 0.333. The topological polar surface area (TPSA) is 12.0 Å². The smallest absolute Gasteiger partial charge is 0.0318 e. The maximum atomic E-state index is 3.69. The lowest BCUT2D eigenvalue weighted by Gasteiger charge is -2.10. The summed E-state index contributed by atoms with van der Waals surface area (Å²) < 4.78 is 1.16. The van der Waals surface area contributed by atoms with Crippen LogP contribution >= 0.6 is 27.7 Å². The maximum absolute atomic E-state index is 3.69. The van der Waals surface area contributed by atoms with Crippen molar-refractivity contribution in [2.45, 2.75) is 37.1 Å². The molecule has 2 aromatic carbocycles. The average Bonchev–Trinajstić information content (AvgIpc) is 2.44. The van der Waals surface area contributed by atoms with Crippen molar-refractivity contribution in [3.63, 3.8) is 0 Å². The van der Waals surface area contributed by atoms with Gasteiger partial charge in [-0.25, -0.2) is 0 Å². The standard InChI is InChI=1S/C18H22BrNS/c1-13(2)11-20-12-15-6-9-18(17(19)10-15)21-16-7-4-14(3)5-8-16/h4-10,13,20H,11-12H2,1-3H3. The number of aryl methyl sites for hydroxylation is 1. The van der Waals surface area contributed by atoms with Gasteiger partial charge in [0, 0.05) is 20.8 Å². The number of hydrogen-bond donors (Lipinski definition) is 1. The minimum atomic E-state index is 0.685. The highest BCUT2D eigenvalue weighted by atomic mass is 79.9. The molecule has 0 aliphatic heterocycles. The van der Waals surface area contributed by atoms with Crippen molar-refractivity contribution in [2.24, 2.45) is 5.92 Å². The van der Waals surface area contributed by atoms with Crippen LogP contribution in [0.5, 0.6) is 0 Å². The SMILES string of the molecule is Cc1ccc(Sc2ccc(CNCC(C)C)cc2Br)cc1. The fourth-order valence-corrected chi connectivity index (χ4v) is 3.46. The first kappa shape index (κ1) is 16.6. The van der Waals surface area contributed by atoms with E-state index < -0.39 is 0 Å². The predicted octanol–water partition coefficient (Wildman–Crippen LogP) is 5.65. The second-order valence-electron chi connectivity index (χ2n) is 5.70. The third kappa shape index (κ3) is 5.50. The van der Waals surface area contributed by atoms with E-state index in [9.17, 15) is 0 Å². The van der Waals surface area contributed by atoms with Crippen molar-refractivity contribution >= 4 is 27.7 Å². The van der Waals surface area contributed by atoms with Crippen molar-refractivity contribution in [1.82, 2.24) is 5.32 Å². The third-order valence-electron chi connectivity index (χ3n) is 3.13. The Bertz CT molecular complexity index is 578. The van der Waals surface area contributed by atoms with Gasteiger partial charge in [0.1, 0.15) is 0 Å². The summed E-state index contributed by atoms with van der Waals surface area (Å²) in [5, 5.41) is 3.48. The van der Waals surface area contributed by atoms with Crippen LogP contribution in [-0.4, -0.2) is 6.54 Å². The van der Waals surface area contributed by atoms with Gasteiger partial charge in [-0.2, -0.15) is 0 Å². The molecule has 0 saturated carbocycles. The molecule has 0 unspecified atom stereocenters. The van der Waals surface area contributed by atoms with Crippen molar-refractivity contribution in [3.8, 4) is 0 Å². The predicted molar refractivity (Wildman–Crippen MR) is 96.0 cm³/mol. The molecule has 0 atom stereocenters. The molecule has 0 spiro atoms. The van der Waals surface area contributed by atoms with E-state index >= 15 is 0 Å². The zero-order chi connectivity index (χ0) is 15.2. The van der Waals surface area contributed by atoms with Gasteiger partial charge in [-0.05, 0) is 65.1 Å². The van der Waals surface area contributed by atoms with E-state index in [0.29, 0.717) is 5.92 Å². The summed E-state index contributed by atoms with van der Waals surface area (Å²) >= 11 is 5.48. The van der Waals surface area contributed by atoms with Crippen LogP contribution in [0.2, 0.25) is 0 Å². The molecule has 0 aliphatic rings. The Kier molecular flexibility index (Phi) is 6.34. The number of hydrogen-bond acceptors (Lipinski definition) is 2. The van der Waals surface area contributed by atoms with Gasteiger partial charge in [0.2, 0.25) is 0 Å². The van der Waals surface area contributed by atoms with Crippen molar-refractivity contribution in [3.05, 3.63) is 58.1 Å². The number of nitrogens with one attached hydrogen (secondary N) is 1. The minimum absolute atomic E-state index is 0.685. The summed E-state index contributed by atoms with van der Waals surface area (Å²) in [6.45, 7) is 8.54. The van der Waals surface area contributed by atoms with Gasteiger partial charge in [0.25, 0.3) is 0 Å². The molecule has 0 aromatic heterocycles. The Morgan fingerprint density at radius 2 is 1.81 bits per heavy atom. The molecule has 2 rings (SSSR count). The fourth-order valence-electron chi connectivity index (χ4n) is 1.98. The summed E-state index contributed by atoms with van der Waals surface area (Å²) in [7, 11) is 0. The van der Waals surface area contributed by atoms with Crippen LogP contribution in [-0.2, 0) is 6.54 Å². The van der Waals surface area contributed by atoms with Crippen LogP contribution in [0, 0.1) is 12.8 Å². The van der Waals surface area contributed by atoms with Gasteiger partial charge in [-0.3, -0.25) is 0 Å². The van der Waals surface area contributed by atoms with Gasteiger partial charge >= 0.3 is 0 Å². The zero-order valence-corrected chi connectivity index (χ0v) is 15.2. The Labute approximate surface area is 140 Å². The Morgan fingerprint density at radius 3 is 2.43 bits per heavy atom. The lowest BCUT2D eigenvalue weighted by atomic mass is 10.2. The van der Waals surface area contributed by atoms with Crippen molar-refractivity contribution in [2.75, 3.05) is 6.54 Å². The number of benzene rings is 2. The Hall–Kier alpha value is -0.770. The highest BCUT2D eigenvalue weighted by Crippen LogP contribution is 2.34. The summed E-state index contributed by atoms with van der Waals surface area (Å²) in [5.41, 5.74) is 2.61. The molecule has 0 heterocycles. The highest BCUT2D eigenvalue weighted by Gasteiger charge is 2.04. The Balaban J connectivity index is 2.00. The molecule has 0 bridgehead atoms. The largest absolute Gasteiger partial charge is 0.312 e. The van der Waals surface area contributed by atoms with Gasteiger partial charge in [0.05, 0.1) is 0 Å². The molecule has 112 valence electrons. The van der Waals surface area contributed by atoms with Crippen LogP contribution in [0.3, 0.4) is 0 Å². The molecule has 21 heavy (non-hydrogen) atoms. The van der Waals surface area contributed by atoms with Crippen molar-refractivity contribution in [1.29, 1.82) is 0 Å². The lowest BCUT2D eigenvalue weighted by Crippen LogP contribution is -2.18. The van der Waals surface area contributed by atoms with Crippen LogP contribution in [0.25, 0.3) is 0 Å². The molecule has 0 amide bonds. The molecule has 0 aliphatic carbocycles. The van der Waals surface area contributed by atoms with Crippen LogP contribution < -0.4 is 5.32 Å². The third-order valence-corrected chi connectivity index (χ3v) is 5.13. The first-order valence-corrected chi connectivity index (χ1v) is 8.89. The van der Waals surface area contributed by atoms with Gasteiger partial charge in [-0.1, -0.05) is 49.4 Å². The molecule has 0 saturated heterocycles. The van der Waals surface area contributed by atoms with E-state index in [1.165, 1.54) is 20.9 Å². The molecule has 1 nitrogen and oxygen atoms in total. The molecular formula is C18H22BrNS. The molecular weight excluding hydrogens is 342 g/mol. The van der Waals surface area contributed by atoms with E-state index in [1.807, 2.05) is 0 Å². The summed E-state index contributed by atoms with van der Waals surface area (Å²) in [5.74, 6) is 0.685. The van der Waals surface area contributed by atoms with E-state index in [4.69, 9.17) is 0 Å². The monoisotopic (exact) mass is 363 g/mol. The summed E-state index contributed by atoms with van der Waals surface area (Å²) in [6, 6.07) is 15.3. The van der Waals surface area contributed by atoms with Gasteiger partial charge in [-0.15, -0.1) is 0 Å². The van der Waals surface area contributed by atoms with Crippen LogP contribution in [0.4, 0.5) is 0 Å². The van der Waals surface area contributed by atoms with Gasteiger partial charge < -0.3 is 5.32 Å². The molecule has 2 aromatic rings.